The van der Waals surface area contributed by atoms with Gasteiger partial charge in [0.2, 0.25) is 0 Å². The smallest absolute Gasteiger partial charge is 0.257 e. The Hall–Kier alpha value is -3.74. The zero-order valence-corrected chi connectivity index (χ0v) is 18.8. The number of pyridine rings is 2. The van der Waals surface area contributed by atoms with Gasteiger partial charge in [-0.25, -0.2) is 0 Å². The average Bonchev–Trinajstić information content (AvgIpc) is 2.84. The first-order chi connectivity index (χ1) is 16.0. The lowest BCUT2D eigenvalue weighted by Gasteiger charge is -2.11. The number of rotatable bonds is 6. The average molecular weight is 477 g/mol. The van der Waals surface area contributed by atoms with Gasteiger partial charge in [0, 0.05) is 29.2 Å². The van der Waals surface area contributed by atoms with Crippen LogP contribution in [0.2, 0.25) is 10.0 Å². The molecule has 0 bridgehead atoms. The summed E-state index contributed by atoms with van der Waals surface area (Å²) in [5, 5.41) is 6.28. The highest BCUT2D eigenvalue weighted by Crippen LogP contribution is 2.29. The zero-order chi connectivity index (χ0) is 23.2. The molecule has 4 aromatic rings. The van der Waals surface area contributed by atoms with Gasteiger partial charge in [0.05, 0.1) is 33.5 Å². The number of halogens is 2. The highest BCUT2D eigenvalue weighted by atomic mass is 35.5. The number of hydrogen-bond donors (Lipinski definition) is 2. The van der Waals surface area contributed by atoms with Gasteiger partial charge in [0.25, 0.3) is 11.8 Å². The zero-order valence-electron chi connectivity index (χ0n) is 17.3. The maximum absolute atomic E-state index is 12.8. The first-order valence-electron chi connectivity index (χ1n) is 10.0. The molecule has 0 saturated heterocycles. The second-order valence-corrected chi connectivity index (χ2v) is 7.88. The van der Waals surface area contributed by atoms with E-state index < -0.39 is 5.91 Å². The quantitative estimate of drug-likeness (QED) is 0.377. The molecule has 2 heterocycles. The van der Waals surface area contributed by atoms with Crippen molar-refractivity contribution in [2.45, 2.75) is 6.54 Å². The van der Waals surface area contributed by atoms with Gasteiger partial charge < -0.3 is 10.6 Å². The van der Waals surface area contributed by atoms with Crippen molar-refractivity contribution in [2.75, 3.05) is 5.32 Å². The van der Waals surface area contributed by atoms with E-state index in [2.05, 4.69) is 20.6 Å². The number of carbonyl (C=O) groups excluding carboxylic acids is 2. The van der Waals surface area contributed by atoms with Gasteiger partial charge in [-0.2, -0.15) is 0 Å². The third kappa shape index (κ3) is 5.55. The van der Waals surface area contributed by atoms with Crippen molar-refractivity contribution in [3.05, 3.63) is 112 Å². The summed E-state index contributed by atoms with van der Waals surface area (Å²) in [7, 11) is 0. The molecule has 0 fully saturated rings. The van der Waals surface area contributed by atoms with Crippen LogP contribution < -0.4 is 10.6 Å². The maximum Gasteiger partial charge on any atom is 0.257 e. The minimum Gasteiger partial charge on any atom is -0.346 e. The van der Waals surface area contributed by atoms with Crippen LogP contribution in [0.4, 0.5) is 5.69 Å². The van der Waals surface area contributed by atoms with Crippen LogP contribution in [-0.2, 0) is 6.54 Å². The molecule has 0 aliphatic heterocycles. The molecule has 0 unspecified atom stereocenters. The van der Waals surface area contributed by atoms with E-state index in [0.29, 0.717) is 27.5 Å². The highest BCUT2D eigenvalue weighted by molar-refractivity contribution is 6.35. The van der Waals surface area contributed by atoms with Gasteiger partial charge in [-0.05, 0) is 60.7 Å². The number of hydrogen-bond acceptors (Lipinski definition) is 4. The minimum absolute atomic E-state index is 0.164. The summed E-state index contributed by atoms with van der Waals surface area (Å²) in [5.41, 5.74) is 3.25. The van der Waals surface area contributed by atoms with Gasteiger partial charge in [0.1, 0.15) is 0 Å². The molecule has 2 aromatic carbocycles. The lowest BCUT2D eigenvalue weighted by molar-refractivity contribution is 0.0948. The van der Waals surface area contributed by atoms with Crippen LogP contribution >= 0.6 is 23.2 Å². The van der Waals surface area contributed by atoms with Gasteiger partial charge >= 0.3 is 0 Å². The number of anilines is 1. The Morgan fingerprint density at radius 3 is 2.27 bits per heavy atom. The fraction of sp³-hybridized carbons (Fsp3) is 0.0400. The van der Waals surface area contributed by atoms with Crippen molar-refractivity contribution in [3.63, 3.8) is 0 Å². The number of nitrogens with one attached hydrogen (secondary N) is 2. The number of aromatic nitrogens is 2. The van der Waals surface area contributed by atoms with E-state index in [4.69, 9.17) is 23.2 Å². The Kier molecular flexibility index (Phi) is 6.98. The van der Waals surface area contributed by atoms with E-state index in [1.54, 1.807) is 42.7 Å². The largest absolute Gasteiger partial charge is 0.346 e. The van der Waals surface area contributed by atoms with E-state index in [1.165, 1.54) is 12.1 Å². The fourth-order valence-corrected chi connectivity index (χ4v) is 3.62. The molecule has 0 aliphatic rings. The third-order valence-electron chi connectivity index (χ3n) is 4.80. The molecule has 8 heteroatoms. The van der Waals surface area contributed by atoms with Gasteiger partial charge in [-0.15, -0.1) is 0 Å². The van der Waals surface area contributed by atoms with Crippen molar-refractivity contribution in [1.82, 2.24) is 15.3 Å². The second-order valence-electron chi connectivity index (χ2n) is 7.06. The lowest BCUT2D eigenvalue weighted by Crippen LogP contribution is -2.23. The molecular weight excluding hydrogens is 459 g/mol. The molecule has 0 saturated carbocycles. The third-order valence-corrected chi connectivity index (χ3v) is 5.44. The summed E-state index contributed by atoms with van der Waals surface area (Å²) in [6, 6.07) is 20.6. The minimum atomic E-state index is -0.408. The molecule has 0 atom stereocenters. The predicted octanol–water partition coefficient (Wildman–Crippen LogP) is 5.63. The Morgan fingerprint density at radius 2 is 1.58 bits per heavy atom. The molecule has 33 heavy (non-hydrogen) atoms. The summed E-state index contributed by atoms with van der Waals surface area (Å²) in [5.74, 6) is -0.720. The molecule has 0 radical (unpaired) electrons. The molecule has 2 aromatic heterocycles. The summed E-state index contributed by atoms with van der Waals surface area (Å²) in [6.45, 7) is 0.286. The van der Waals surface area contributed by atoms with Crippen molar-refractivity contribution in [2.24, 2.45) is 0 Å². The number of nitrogens with zero attached hydrogens (tertiary/aromatic N) is 2. The SMILES string of the molecule is O=C(NCc1ccccn1)c1ccc(C(=O)Nc2ccc(Cl)c(-c3ccccn3)c2)c(Cl)c1. The number of carbonyl (C=O) groups is 2. The molecule has 164 valence electrons. The molecule has 6 nitrogen and oxygen atoms in total. The Balaban J connectivity index is 1.46. The Bertz CT molecular complexity index is 1300. The van der Waals surface area contributed by atoms with Crippen LogP contribution in [0.5, 0.6) is 0 Å². The molecular formula is C25H18Cl2N4O2. The van der Waals surface area contributed by atoms with E-state index in [9.17, 15) is 9.59 Å². The maximum atomic E-state index is 12.8. The van der Waals surface area contributed by atoms with Crippen molar-refractivity contribution in [1.29, 1.82) is 0 Å². The van der Waals surface area contributed by atoms with Crippen LogP contribution in [0.3, 0.4) is 0 Å². The van der Waals surface area contributed by atoms with Gasteiger partial charge in [-0.3, -0.25) is 19.6 Å². The molecule has 2 amide bonds. The predicted molar refractivity (Wildman–Crippen MR) is 129 cm³/mol. The van der Waals surface area contributed by atoms with E-state index in [0.717, 1.165) is 5.69 Å². The monoisotopic (exact) mass is 476 g/mol. The summed E-state index contributed by atoms with van der Waals surface area (Å²) in [6.07, 6.45) is 3.33. The summed E-state index contributed by atoms with van der Waals surface area (Å²) >= 11 is 12.6. The normalized spacial score (nSPS) is 10.5. The molecule has 0 aliphatic carbocycles. The first kappa shape index (κ1) is 22.5. The summed E-state index contributed by atoms with van der Waals surface area (Å²) in [4.78, 5) is 33.7. The topological polar surface area (TPSA) is 84.0 Å². The van der Waals surface area contributed by atoms with E-state index >= 15 is 0 Å². The molecule has 0 spiro atoms. The fourth-order valence-electron chi connectivity index (χ4n) is 3.14. The van der Waals surface area contributed by atoms with Crippen LogP contribution in [0, 0.1) is 0 Å². The second kappa shape index (κ2) is 10.3. The standard InChI is InChI=1S/C25H18Cl2N4O2/c26-21-10-8-17(14-20(21)23-6-2-4-12-29-23)31-25(33)19-9-7-16(13-22(19)27)24(32)30-15-18-5-1-3-11-28-18/h1-14H,15H2,(H,30,32)(H,31,33). The van der Waals surface area contributed by atoms with Gasteiger partial charge in [0.15, 0.2) is 0 Å². The van der Waals surface area contributed by atoms with Crippen LogP contribution in [0.25, 0.3) is 11.3 Å². The number of benzene rings is 2. The summed E-state index contributed by atoms with van der Waals surface area (Å²) < 4.78 is 0. The van der Waals surface area contributed by atoms with Gasteiger partial charge in [-0.1, -0.05) is 35.3 Å². The van der Waals surface area contributed by atoms with E-state index in [1.807, 2.05) is 30.3 Å². The number of amides is 2. The van der Waals surface area contributed by atoms with E-state index in [-0.39, 0.29) is 23.0 Å². The lowest BCUT2D eigenvalue weighted by atomic mass is 10.1. The first-order valence-corrected chi connectivity index (χ1v) is 10.8. The highest BCUT2D eigenvalue weighted by Gasteiger charge is 2.15. The van der Waals surface area contributed by atoms with Crippen molar-refractivity contribution in [3.8, 4) is 11.3 Å². The Labute approximate surface area is 200 Å². The molecule has 4 rings (SSSR count). The van der Waals surface area contributed by atoms with Crippen LogP contribution in [-0.4, -0.2) is 21.8 Å². The van der Waals surface area contributed by atoms with Crippen molar-refractivity contribution >= 4 is 40.7 Å². The van der Waals surface area contributed by atoms with Crippen molar-refractivity contribution < 1.29 is 9.59 Å². The Morgan fingerprint density at radius 1 is 0.788 bits per heavy atom. The van der Waals surface area contributed by atoms with Crippen LogP contribution in [0.15, 0.2) is 85.2 Å². The van der Waals surface area contributed by atoms with Crippen LogP contribution in [0.1, 0.15) is 26.4 Å². The molecule has 2 N–H and O–H groups in total.